The van der Waals surface area contributed by atoms with Gasteiger partial charge in [0.1, 0.15) is 11.0 Å². The van der Waals surface area contributed by atoms with Gasteiger partial charge in [-0.15, -0.1) is 0 Å². The molecule has 0 bridgehead atoms. The Morgan fingerprint density at radius 2 is 0.816 bits per heavy atom. The van der Waals surface area contributed by atoms with Crippen LogP contribution in [-0.2, 0) is 0 Å². The molecule has 0 aliphatic heterocycles. The van der Waals surface area contributed by atoms with Gasteiger partial charge < -0.3 is 13.7 Å². The average Bonchev–Trinajstić information content (AvgIpc) is 3.80. The maximum absolute atomic E-state index is 6.35. The third-order valence-electron chi connectivity index (χ3n) is 9.29. The van der Waals surface area contributed by atoms with Gasteiger partial charge >= 0.3 is 0 Å². The molecule has 0 N–H and O–H groups in total. The van der Waals surface area contributed by atoms with Crippen LogP contribution in [0, 0.1) is 0 Å². The lowest BCUT2D eigenvalue weighted by atomic mass is 9.94. The lowest BCUT2D eigenvalue weighted by Crippen LogP contribution is -2.10. The van der Waals surface area contributed by atoms with Gasteiger partial charge in [0.25, 0.3) is 0 Å². The van der Waals surface area contributed by atoms with Crippen LogP contribution in [0.2, 0.25) is 0 Å². The van der Waals surface area contributed by atoms with Gasteiger partial charge in [-0.3, -0.25) is 0 Å². The summed E-state index contributed by atoms with van der Waals surface area (Å²) in [5, 5.41) is 7.36. The highest BCUT2D eigenvalue weighted by Gasteiger charge is 2.19. The lowest BCUT2D eigenvalue weighted by molar-refractivity contribution is 0.619. The Morgan fingerprint density at radius 1 is 0.347 bits per heavy atom. The Balaban J connectivity index is 1.19. The number of hydrogen-bond donors (Lipinski definition) is 0. The summed E-state index contributed by atoms with van der Waals surface area (Å²) in [5.41, 5.74) is 7.83. The molecule has 0 aliphatic rings. The first-order valence-corrected chi connectivity index (χ1v) is 16.3. The number of oxazole rings is 2. The molecule has 8 aromatic carbocycles. The second kappa shape index (κ2) is 10.9. The smallest absolute Gasteiger partial charge is 0.227 e. The highest BCUT2D eigenvalue weighted by atomic mass is 16.4. The van der Waals surface area contributed by atoms with E-state index in [1.165, 1.54) is 32.3 Å². The van der Waals surface area contributed by atoms with Crippen molar-refractivity contribution in [2.75, 3.05) is 4.90 Å². The summed E-state index contributed by atoms with van der Waals surface area (Å²) < 4.78 is 12.5. The highest BCUT2D eigenvalue weighted by molar-refractivity contribution is 6.25. The van der Waals surface area contributed by atoms with Crippen LogP contribution in [0.25, 0.3) is 77.4 Å². The van der Waals surface area contributed by atoms with E-state index < -0.39 is 0 Å². The summed E-state index contributed by atoms with van der Waals surface area (Å²) in [7, 11) is 0. The number of fused-ring (bicyclic) bond motifs is 8. The quantitative estimate of drug-likeness (QED) is 0.177. The molecule has 5 heteroatoms. The number of nitrogens with zero attached hydrogens (tertiary/aromatic N) is 3. The van der Waals surface area contributed by atoms with Crippen LogP contribution in [0.15, 0.2) is 173 Å². The van der Waals surface area contributed by atoms with Gasteiger partial charge in [-0.25, -0.2) is 9.97 Å². The molecule has 230 valence electrons. The first-order chi connectivity index (χ1) is 24.3. The normalized spacial score (nSPS) is 11.7. The van der Waals surface area contributed by atoms with Crippen LogP contribution in [0.4, 0.5) is 17.1 Å². The standard InChI is InChI=1S/C44H27N3O2/c1-3-11-28(12-4-1)43-45-39-23-20-32(27-42(39)49-43)47(31-21-24-41-40(26-31)46-44(48-41)29-13-5-2-6-14-29)30-19-22-37-35-17-8-7-15-33(35)34-16-9-10-18-36(34)38(37)25-30/h1-27H. The number of anilines is 3. The summed E-state index contributed by atoms with van der Waals surface area (Å²) in [6.07, 6.45) is 0. The minimum atomic E-state index is 0.597. The molecule has 0 spiro atoms. The van der Waals surface area contributed by atoms with Gasteiger partial charge in [0.15, 0.2) is 11.2 Å². The highest BCUT2D eigenvalue weighted by Crippen LogP contribution is 2.42. The van der Waals surface area contributed by atoms with E-state index in [1.807, 2.05) is 72.8 Å². The molecule has 49 heavy (non-hydrogen) atoms. The summed E-state index contributed by atoms with van der Waals surface area (Å²) >= 11 is 0. The monoisotopic (exact) mass is 629 g/mol. The molecule has 10 aromatic rings. The van der Waals surface area contributed by atoms with Crippen molar-refractivity contribution >= 4 is 71.6 Å². The fourth-order valence-corrected chi connectivity index (χ4v) is 7.00. The van der Waals surface area contributed by atoms with Gasteiger partial charge in [-0.1, -0.05) is 91.0 Å². The van der Waals surface area contributed by atoms with Crippen molar-refractivity contribution in [2.24, 2.45) is 0 Å². The van der Waals surface area contributed by atoms with Crippen molar-refractivity contribution in [2.45, 2.75) is 0 Å². The first kappa shape index (κ1) is 27.4. The number of rotatable bonds is 5. The molecular weight excluding hydrogens is 603 g/mol. The topological polar surface area (TPSA) is 55.3 Å². The van der Waals surface area contributed by atoms with Crippen molar-refractivity contribution in [3.8, 4) is 22.9 Å². The largest absolute Gasteiger partial charge is 0.436 e. The SMILES string of the molecule is c1ccc(-c2nc3cc(N(c4ccc5nc(-c6ccccc6)oc5c4)c4ccc5c6ccccc6c6ccccc6c5c4)ccc3o2)cc1. The number of benzene rings is 8. The number of aromatic nitrogens is 2. The van der Waals surface area contributed by atoms with Crippen LogP contribution in [0.5, 0.6) is 0 Å². The molecule has 2 heterocycles. The Morgan fingerprint density at radius 3 is 1.47 bits per heavy atom. The molecule has 0 atom stereocenters. The first-order valence-electron chi connectivity index (χ1n) is 16.3. The average molecular weight is 630 g/mol. The fourth-order valence-electron chi connectivity index (χ4n) is 7.00. The molecule has 0 fully saturated rings. The molecule has 0 unspecified atom stereocenters. The minimum absolute atomic E-state index is 0.597. The molecule has 5 nitrogen and oxygen atoms in total. The summed E-state index contributed by atoms with van der Waals surface area (Å²) in [4.78, 5) is 12.0. The van der Waals surface area contributed by atoms with E-state index in [0.717, 1.165) is 44.8 Å². The molecule has 2 aromatic heterocycles. The van der Waals surface area contributed by atoms with E-state index >= 15 is 0 Å². The van der Waals surface area contributed by atoms with Crippen molar-refractivity contribution in [3.05, 3.63) is 164 Å². The van der Waals surface area contributed by atoms with Gasteiger partial charge in [-0.05, 0) is 99.0 Å². The Kier molecular flexibility index (Phi) is 6.11. The van der Waals surface area contributed by atoms with E-state index in [-0.39, 0.29) is 0 Å². The van der Waals surface area contributed by atoms with Crippen molar-refractivity contribution in [3.63, 3.8) is 0 Å². The summed E-state index contributed by atoms with van der Waals surface area (Å²) in [6.45, 7) is 0. The third kappa shape index (κ3) is 4.55. The molecular formula is C44H27N3O2. The molecule has 0 radical (unpaired) electrons. The van der Waals surface area contributed by atoms with Crippen LogP contribution in [0.3, 0.4) is 0 Å². The van der Waals surface area contributed by atoms with Crippen molar-refractivity contribution < 1.29 is 8.83 Å². The van der Waals surface area contributed by atoms with E-state index in [2.05, 4.69) is 95.9 Å². The molecule has 0 saturated heterocycles. The van der Waals surface area contributed by atoms with Crippen LogP contribution in [-0.4, -0.2) is 9.97 Å². The zero-order chi connectivity index (χ0) is 32.3. The zero-order valence-electron chi connectivity index (χ0n) is 26.2. The second-order valence-electron chi connectivity index (χ2n) is 12.2. The molecule has 0 aliphatic carbocycles. The third-order valence-corrected chi connectivity index (χ3v) is 9.29. The van der Waals surface area contributed by atoms with Gasteiger partial charge in [0.2, 0.25) is 11.8 Å². The lowest BCUT2D eigenvalue weighted by Gasteiger charge is -2.26. The predicted molar refractivity (Wildman–Crippen MR) is 200 cm³/mol. The minimum Gasteiger partial charge on any atom is -0.436 e. The maximum Gasteiger partial charge on any atom is 0.227 e. The van der Waals surface area contributed by atoms with Crippen LogP contribution < -0.4 is 4.90 Å². The van der Waals surface area contributed by atoms with Gasteiger partial charge in [0.05, 0.1) is 0 Å². The summed E-state index contributed by atoms with van der Waals surface area (Å²) in [5.74, 6) is 1.20. The van der Waals surface area contributed by atoms with Crippen LogP contribution >= 0.6 is 0 Å². The van der Waals surface area contributed by atoms with Crippen LogP contribution in [0.1, 0.15) is 0 Å². The van der Waals surface area contributed by atoms with Gasteiger partial charge in [0, 0.05) is 34.3 Å². The predicted octanol–water partition coefficient (Wildman–Crippen LogP) is 12.2. The number of hydrogen-bond acceptors (Lipinski definition) is 5. The Bertz CT molecular complexity index is 2680. The Hall–Kier alpha value is -6.72. The summed E-state index contributed by atoms with van der Waals surface area (Å²) in [6, 6.07) is 56.4. The van der Waals surface area contributed by atoms with E-state index in [4.69, 9.17) is 18.8 Å². The van der Waals surface area contributed by atoms with Crippen molar-refractivity contribution in [1.82, 2.24) is 9.97 Å². The van der Waals surface area contributed by atoms with E-state index in [0.29, 0.717) is 17.4 Å². The molecule has 0 saturated carbocycles. The zero-order valence-corrected chi connectivity index (χ0v) is 26.2. The molecule has 10 rings (SSSR count). The van der Waals surface area contributed by atoms with E-state index in [1.54, 1.807) is 0 Å². The second-order valence-corrected chi connectivity index (χ2v) is 12.2. The fraction of sp³-hybridized carbons (Fsp3) is 0. The van der Waals surface area contributed by atoms with Gasteiger partial charge in [-0.2, -0.15) is 0 Å². The maximum atomic E-state index is 6.35. The Labute approximate surface area is 281 Å². The molecule has 0 amide bonds. The van der Waals surface area contributed by atoms with Crippen molar-refractivity contribution in [1.29, 1.82) is 0 Å². The van der Waals surface area contributed by atoms with E-state index in [9.17, 15) is 0 Å².